The lowest BCUT2D eigenvalue weighted by Crippen LogP contribution is -2.46. The summed E-state index contributed by atoms with van der Waals surface area (Å²) in [6.45, 7) is 3.16. The van der Waals surface area contributed by atoms with E-state index in [0.29, 0.717) is 41.0 Å². The van der Waals surface area contributed by atoms with Crippen molar-refractivity contribution in [2.45, 2.75) is 32.0 Å². The molecule has 1 aliphatic heterocycles. The van der Waals surface area contributed by atoms with E-state index >= 15 is 0 Å². The molecule has 31 heavy (non-hydrogen) atoms. The second-order valence-electron chi connectivity index (χ2n) is 8.28. The molecule has 0 spiro atoms. The van der Waals surface area contributed by atoms with Gasteiger partial charge < -0.3 is 9.84 Å². The highest BCUT2D eigenvalue weighted by Crippen LogP contribution is 2.49. The predicted octanol–water partition coefficient (Wildman–Crippen LogP) is 3.68. The highest BCUT2D eigenvalue weighted by Gasteiger charge is 2.48. The minimum Gasteiger partial charge on any atom is -0.476 e. The minimum absolute atomic E-state index is 0.0476. The lowest BCUT2D eigenvalue weighted by atomic mass is 10.0. The van der Waals surface area contributed by atoms with E-state index in [1.54, 1.807) is 30.6 Å². The van der Waals surface area contributed by atoms with E-state index in [2.05, 4.69) is 24.8 Å². The molecule has 0 aromatic carbocycles. The average Bonchev–Trinajstić information content (AvgIpc) is 3.55. The minimum atomic E-state index is -0.874. The molecule has 1 aliphatic carbocycles. The zero-order valence-electron chi connectivity index (χ0n) is 17.2. The Morgan fingerprint density at radius 3 is 2.74 bits per heavy atom. The number of ether oxygens (including phenoxy) is 1. The third-order valence-electron chi connectivity index (χ3n) is 6.10. The van der Waals surface area contributed by atoms with Gasteiger partial charge >= 0.3 is 0 Å². The Kier molecular flexibility index (Phi) is 5.56. The lowest BCUT2D eigenvalue weighted by molar-refractivity contribution is -0.0591. The van der Waals surface area contributed by atoms with E-state index in [1.165, 1.54) is 6.42 Å². The lowest BCUT2D eigenvalue weighted by Gasteiger charge is -2.38. The topological polar surface area (TPSA) is 84.3 Å². The van der Waals surface area contributed by atoms with Crippen molar-refractivity contribution in [2.75, 3.05) is 13.2 Å². The van der Waals surface area contributed by atoms with Crippen molar-refractivity contribution in [3.8, 4) is 17.3 Å². The van der Waals surface area contributed by atoms with Crippen LogP contribution in [0.5, 0.6) is 5.88 Å². The molecule has 3 aromatic heterocycles. The van der Waals surface area contributed by atoms with Crippen molar-refractivity contribution >= 4 is 11.6 Å². The Balaban J connectivity index is 1.41. The SMILES string of the molecule is Cc1ccc(-c2ncccn2)c(C(O)N2C[C@@H]3C[C@@H]3C[C@H]2COc2cccc(Cl)n2)n1. The highest BCUT2D eigenvalue weighted by molar-refractivity contribution is 6.29. The van der Waals surface area contributed by atoms with E-state index in [-0.39, 0.29) is 6.04 Å². The number of aliphatic hydroxyl groups is 1. The molecule has 7 nitrogen and oxygen atoms in total. The third-order valence-corrected chi connectivity index (χ3v) is 6.31. The zero-order chi connectivity index (χ0) is 21.4. The summed E-state index contributed by atoms with van der Waals surface area (Å²) in [5.41, 5.74) is 2.16. The number of halogens is 1. The summed E-state index contributed by atoms with van der Waals surface area (Å²) in [6, 6.07) is 11.0. The van der Waals surface area contributed by atoms with Gasteiger partial charge in [-0.25, -0.2) is 15.0 Å². The molecular weight excluding hydrogens is 414 g/mol. The summed E-state index contributed by atoms with van der Waals surface area (Å²) in [5.74, 6) is 2.37. The van der Waals surface area contributed by atoms with Gasteiger partial charge in [0, 0.05) is 42.3 Å². The molecule has 3 aromatic rings. The number of fused-ring (bicyclic) bond motifs is 1. The first-order chi connectivity index (χ1) is 15.1. The quantitative estimate of drug-likeness (QED) is 0.589. The Bertz CT molecular complexity index is 1070. The van der Waals surface area contributed by atoms with Crippen molar-refractivity contribution in [1.29, 1.82) is 0 Å². The van der Waals surface area contributed by atoms with Gasteiger partial charge in [-0.1, -0.05) is 17.7 Å². The molecule has 0 bridgehead atoms. The fraction of sp³-hybridized carbons (Fsp3) is 0.391. The Labute approximate surface area is 186 Å². The van der Waals surface area contributed by atoms with Crippen molar-refractivity contribution < 1.29 is 9.84 Å². The van der Waals surface area contributed by atoms with Crippen LogP contribution in [0.3, 0.4) is 0 Å². The fourth-order valence-electron chi connectivity index (χ4n) is 4.40. The van der Waals surface area contributed by atoms with Crippen molar-refractivity contribution in [3.05, 3.63) is 65.3 Å². The molecular formula is C23H24ClN5O2. The summed E-state index contributed by atoms with van der Waals surface area (Å²) < 4.78 is 5.95. The molecule has 0 radical (unpaired) electrons. The van der Waals surface area contributed by atoms with Gasteiger partial charge in [-0.15, -0.1) is 0 Å². The number of aliphatic hydroxyl groups excluding tert-OH is 1. The molecule has 5 rings (SSSR count). The van der Waals surface area contributed by atoms with E-state index in [1.807, 2.05) is 25.1 Å². The maximum absolute atomic E-state index is 11.5. The first-order valence-electron chi connectivity index (χ1n) is 10.5. The number of piperidine rings is 1. The number of rotatable bonds is 6. The number of hydrogen-bond acceptors (Lipinski definition) is 7. The van der Waals surface area contributed by atoms with Crippen molar-refractivity contribution in [2.24, 2.45) is 11.8 Å². The molecule has 1 saturated carbocycles. The van der Waals surface area contributed by atoms with Gasteiger partial charge in [0.05, 0.1) is 5.69 Å². The first-order valence-corrected chi connectivity index (χ1v) is 10.9. The van der Waals surface area contributed by atoms with Gasteiger partial charge in [0.25, 0.3) is 0 Å². The number of hydrogen-bond donors (Lipinski definition) is 1. The van der Waals surface area contributed by atoms with Crippen LogP contribution < -0.4 is 4.74 Å². The van der Waals surface area contributed by atoms with Gasteiger partial charge in [0.2, 0.25) is 5.88 Å². The van der Waals surface area contributed by atoms with Crippen LogP contribution in [0.4, 0.5) is 0 Å². The fourth-order valence-corrected chi connectivity index (χ4v) is 4.56. The van der Waals surface area contributed by atoms with E-state index in [0.717, 1.165) is 24.2 Å². The van der Waals surface area contributed by atoms with Crippen molar-refractivity contribution in [3.63, 3.8) is 0 Å². The molecule has 1 N–H and O–H groups in total. The Morgan fingerprint density at radius 1 is 1.10 bits per heavy atom. The largest absolute Gasteiger partial charge is 0.476 e. The summed E-state index contributed by atoms with van der Waals surface area (Å²) in [7, 11) is 0. The maximum Gasteiger partial charge on any atom is 0.214 e. The van der Waals surface area contributed by atoms with Gasteiger partial charge in [-0.2, -0.15) is 0 Å². The van der Waals surface area contributed by atoms with E-state index in [4.69, 9.17) is 16.3 Å². The molecule has 160 valence electrons. The molecule has 4 heterocycles. The van der Waals surface area contributed by atoms with Crippen LogP contribution in [0, 0.1) is 18.8 Å². The number of likely N-dealkylation sites (tertiary alicyclic amines) is 1. The Hall–Kier alpha value is -2.61. The summed E-state index contributed by atoms with van der Waals surface area (Å²) in [5, 5.41) is 11.9. The van der Waals surface area contributed by atoms with Gasteiger partial charge in [0.15, 0.2) is 12.1 Å². The molecule has 1 unspecified atom stereocenters. The van der Waals surface area contributed by atoms with Gasteiger partial charge in [-0.3, -0.25) is 9.88 Å². The standard InChI is InChI=1S/C23H24ClN5O2/c1-14-6-7-18(22-25-8-3-9-26-22)21(27-14)23(30)29-12-16-10-15(16)11-17(29)13-31-20-5-2-4-19(24)28-20/h2-9,15-17,23,30H,10-13H2,1H3/t15-,16+,17+,23?/m1/s1. The number of pyridine rings is 2. The predicted molar refractivity (Wildman–Crippen MR) is 116 cm³/mol. The molecule has 8 heteroatoms. The van der Waals surface area contributed by atoms with Crippen LogP contribution in [-0.4, -0.2) is 49.1 Å². The number of aryl methyl sites for hydroxylation is 1. The smallest absolute Gasteiger partial charge is 0.214 e. The summed E-state index contributed by atoms with van der Waals surface area (Å²) in [4.78, 5) is 19.7. The third kappa shape index (κ3) is 4.39. The molecule has 2 aliphatic rings. The van der Waals surface area contributed by atoms with Crippen LogP contribution in [0.15, 0.2) is 48.8 Å². The Morgan fingerprint density at radius 2 is 1.94 bits per heavy atom. The van der Waals surface area contributed by atoms with Crippen LogP contribution in [-0.2, 0) is 0 Å². The van der Waals surface area contributed by atoms with Crippen LogP contribution in [0.1, 0.15) is 30.5 Å². The van der Waals surface area contributed by atoms with Crippen LogP contribution >= 0.6 is 11.6 Å². The first kappa shape index (κ1) is 20.3. The van der Waals surface area contributed by atoms with E-state index < -0.39 is 6.23 Å². The molecule has 2 fully saturated rings. The van der Waals surface area contributed by atoms with Gasteiger partial charge in [-0.05, 0) is 55.9 Å². The van der Waals surface area contributed by atoms with Gasteiger partial charge in [0.1, 0.15) is 11.8 Å². The number of aromatic nitrogens is 4. The number of nitrogens with zero attached hydrogens (tertiary/aromatic N) is 5. The zero-order valence-corrected chi connectivity index (χ0v) is 18.0. The monoisotopic (exact) mass is 437 g/mol. The van der Waals surface area contributed by atoms with Crippen LogP contribution in [0.25, 0.3) is 11.4 Å². The molecule has 4 atom stereocenters. The maximum atomic E-state index is 11.5. The van der Waals surface area contributed by atoms with Crippen molar-refractivity contribution in [1.82, 2.24) is 24.8 Å². The van der Waals surface area contributed by atoms with E-state index in [9.17, 15) is 5.11 Å². The molecule has 0 amide bonds. The summed E-state index contributed by atoms with van der Waals surface area (Å²) in [6.07, 6.45) is 4.70. The normalized spacial score (nSPS) is 23.8. The average molecular weight is 438 g/mol. The summed E-state index contributed by atoms with van der Waals surface area (Å²) >= 11 is 5.98. The molecule has 1 saturated heterocycles. The second-order valence-corrected chi connectivity index (χ2v) is 8.67. The van der Waals surface area contributed by atoms with Crippen LogP contribution in [0.2, 0.25) is 5.15 Å². The second kappa shape index (κ2) is 8.49. The highest BCUT2D eigenvalue weighted by atomic mass is 35.5.